The van der Waals surface area contributed by atoms with Crippen LogP contribution in [0, 0.1) is 12.7 Å². The van der Waals surface area contributed by atoms with Gasteiger partial charge in [0.05, 0.1) is 17.9 Å². The highest BCUT2D eigenvalue weighted by Gasteiger charge is 2.41. The molecule has 0 spiro atoms. The molecule has 8 nitrogen and oxygen atoms in total. The number of phenolic OH excluding ortho intramolecular Hbond substituents is 1. The summed E-state index contributed by atoms with van der Waals surface area (Å²) in [6.45, 7) is 11.4. The number of halogens is 1. The molecular weight excluding hydrogens is 533 g/mol. The Morgan fingerprint density at radius 1 is 1.19 bits per heavy atom. The fourth-order valence-electron chi connectivity index (χ4n) is 6.59. The third kappa shape index (κ3) is 5.39. The third-order valence-corrected chi connectivity index (χ3v) is 8.88. The van der Waals surface area contributed by atoms with Gasteiger partial charge >= 0.3 is 0 Å². The number of fused-ring (bicyclic) bond motifs is 2. The van der Waals surface area contributed by atoms with Gasteiger partial charge in [-0.2, -0.15) is 0 Å². The first-order chi connectivity index (χ1) is 20.0. The van der Waals surface area contributed by atoms with Crippen molar-refractivity contribution in [1.82, 2.24) is 20.1 Å². The zero-order valence-electron chi connectivity index (χ0n) is 24.7. The summed E-state index contributed by atoms with van der Waals surface area (Å²) in [6.07, 6.45) is 2.48. The molecule has 3 aliphatic rings. The Balaban J connectivity index is 1.20. The largest absolute Gasteiger partial charge is 0.508 e. The minimum Gasteiger partial charge on any atom is -0.508 e. The van der Waals surface area contributed by atoms with Crippen molar-refractivity contribution in [3.05, 3.63) is 88.0 Å². The molecule has 4 heterocycles. The van der Waals surface area contributed by atoms with Gasteiger partial charge in [-0.15, -0.1) is 0 Å². The van der Waals surface area contributed by atoms with E-state index in [2.05, 4.69) is 37.1 Å². The van der Waals surface area contributed by atoms with Crippen molar-refractivity contribution in [2.45, 2.75) is 58.2 Å². The molecule has 1 fully saturated rings. The van der Waals surface area contributed by atoms with Crippen LogP contribution in [-0.4, -0.2) is 76.5 Å². The smallest absolute Gasteiger partial charge is 0.254 e. The van der Waals surface area contributed by atoms with Crippen molar-refractivity contribution in [3.8, 4) is 5.75 Å². The highest BCUT2D eigenvalue weighted by Crippen LogP contribution is 2.40. The number of aromatic nitrogens is 1. The summed E-state index contributed by atoms with van der Waals surface area (Å²) in [7, 11) is 0. The van der Waals surface area contributed by atoms with Gasteiger partial charge in [0.1, 0.15) is 11.6 Å². The first-order valence-electron chi connectivity index (χ1n) is 14.6. The molecule has 0 saturated carbocycles. The average Bonchev–Trinajstić information content (AvgIpc) is 3.39. The number of carbonyl (C=O) groups is 2. The number of amides is 2. The lowest BCUT2D eigenvalue weighted by atomic mass is 9.91. The molecular formula is C33H38FN5O3. The topological polar surface area (TPSA) is 89.0 Å². The van der Waals surface area contributed by atoms with Crippen molar-refractivity contribution in [2.24, 2.45) is 0 Å². The van der Waals surface area contributed by atoms with Crippen LogP contribution in [-0.2, 0) is 23.2 Å². The number of aryl methyl sites for hydroxylation is 1. The van der Waals surface area contributed by atoms with E-state index < -0.39 is 0 Å². The van der Waals surface area contributed by atoms with Crippen LogP contribution >= 0.6 is 0 Å². The molecule has 3 aliphatic heterocycles. The van der Waals surface area contributed by atoms with E-state index in [4.69, 9.17) is 4.98 Å². The number of piperazine rings is 1. The van der Waals surface area contributed by atoms with E-state index in [1.54, 1.807) is 12.1 Å². The second kappa shape index (κ2) is 10.8. The van der Waals surface area contributed by atoms with Crippen molar-refractivity contribution >= 4 is 17.5 Å². The fourth-order valence-corrected chi connectivity index (χ4v) is 6.59. The average molecular weight is 572 g/mol. The number of carbonyl (C=O) groups excluding carboxylic acids is 2. The summed E-state index contributed by atoms with van der Waals surface area (Å²) >= 11 is 0. The number of benzene rings is 2. The molecule has 2 aromatic carbocycles. The zero-order chi connectivity index (χ0) is 29.8. The molecule has 2 atom stereocenters. The lowest BCUT2D eigenvalue weighted by molar-refractivity contribution is -0.120. The number of rotatable bonds is 6. The van der Waals surface area contributed by atoms with E-state index in [1.807, 2.05) is 29.0 Å². The molecule has 220 valence electrons. The summed E-state index contributed by atoms with van der Waals surface area (Å²) < 4.78 is 13.7. The Hall–Kier alpha value is -3.82. The van der Waals surface area contributed by atoms with E-state index >= 15 is 0 Å². The molecule has 1 saturated heterocycles. The van der Waals surface area contributed by atoms with Gasteiger partial charge < -0.3 is 20.2 Å². The van der Waals surface area contributed by atoms with E-state index in [-0.39, 0.29) is 47.4 Å². The quantitative estimate of drug-likeness (QED) is 0.469. The summed E-state index contributed by atoms with van der Waals surface area (Å²) in [5, 5.41) is 13.4. The van der Waals surface area contributed by atoms with Gasteiger partial charge in [-0.05, 0) is 72.9 Å². The van der Waals surface area contributed by atoms with Gasteiger partial charge in [0.15, 0.2) is 0 Å². The van der Waals surface area contributed by atoms with Crippen LogP contribution in [0.5, 0.6) is 5.75 Å². The molecule has 9 heteroatoms. The number of pyridine rings is 1. The summed E-state index contributed by atoms with van der Waals surface area (Å²) in [5.41, 5.74) is 5.81. The number of hydrogen-bond donors (Lipinski definition) is 2. The Labute approximate surface area is 246 Å². The summed E-state index contributed by atoms with van der Waals surface area (Å²) in [5.74, 6) is -0.237. The predicted octanol–water partition coefficient (Wildman–Crippen LogP) is 3.77. The lowest BCUT2D eigenvalue weighted by Crippen LogP contribution is -2.60. The second-order valence-electron chi connectivity index (χ2n) is 12.7. The van der Waals surface area contributed by atoms with Gasteiger partial charge in [-0.25, -0.2) is 4.39 Å². The van der Waals surface area contributed by atoms with Crippen LogP contribution in [0.4, 0.5) is 10.1 Å². The maximum atomic E-state index is 14.0. The number of phenols is 1. The first kappa shape index (κ1) is 28.3. The van der Waals surface area contributed by atoms with Crippen molar-refractivity contribution in [3.63, 3.8) is 0 Å². The van der Waals surface area contributed by atoms with Crippen LogP contribution in [0.2, 0.25) is 0 Å². The van der Waals surface area contributed by atoms with E-state index in [0.717, 1.165) is 33.6 Å². The molecule has 2 amide bonds. The van der Waals surface area contributed by atoms with Crippen LogP contribution in [0.25, 0.3) is 0 Å². The number of hydrogen-bond acceptors (Lipinski definition) is 6. The minimum atomic E-state index is -0.287. The molecule has 2 N–H and O–H groups in total. The van der Waals surface area contributed by atoms with Crippen molar-refractivity contribution in [2.75, 3.05) is 37.6 Å². The maximum absolute atomic E-state index is 14.0. The van der Waals surface area contributed by atoms with Gasteiger partial charge in [0.2, 0.25) is 5.91 Å². The molecule has 0 bridgehead atoms. The first-order valence-corrected chi connectivity index (χ1v) is 14.6. The van der Waals surface area contributed by atoms with Gasteiger partial charge in [0, 0.05) is 62.0 Å². The van der Waals surface area contributed by atoms with Crippen LogP contribution in [0.1, 0.15) is 59.1 Å². The Morgan fingerprint density at radius 2 is 2.00 bits per heavy atom. The van der Waals surface area contributed by atoms with Gasteiger partial charge in [0.25, 0.3) is 5.91 Å². The van der Waals surface area contributed by atoms with Gasteiger partial charge in [-0.1, -0.05) is 26.0 Å². The Kier molecular flexibility index (Phi) is 7.27. The Morgan fingerprint density at radius 3 is 2.79 bits per heavy atom. The zero-order valence-corrected chi connectivity index (χ0v) is 24.7. The molecule has 3 aromatic rings. The van der Waals surface area contributed by atoms with Gasteiger partial charge in [-0.3, -0.25) is 19.5 Å². The van der Waals surface area contributed by atoms with Crippen LogP contribution < -0.4 is 10.2 Å². The molecule has 6 rings (SSSR count). The molecule has 42 heavy (non-hydrogen) atoms. The number of anilines is 1. The predicted molar refractivity (Wildman–Crippen MR) is 159 cm³/mol. The highest BCUT2D eigenvalue weighted by atomic mass is 19.1. The molecule has 0 unspecified atom stereocenters. The van der Waals surface area contributed by atoms with Crippen molar-refractivity contribution in [1.29, 1.82) is 0 Å². The SMILES string of the molecule is Cc1cc(F)ccc1Cc1cnc2c(c1)N(C(=O)CN1C[C@@H](C)NC[C@@H]1CN1Cc3ccc(O)cc3C1=O)CC2(C)C. The van der Waals surface area contributed by atoms with E-state index in [0.29, 0.717) is 44.7 Å². The standard InChI is InChI=1S/C33H38FN5O3/c1-20-9-25(34)7-5-23(20)10-22-11-29-31(36-13-22)33(3,4)19-39(29)30(41)18-37-15-21(2)35-14-26(37)17-38-16-24-6-8-27(40)12-28(24)32(38)42/h5-9,11-13,21,26,35,40H,10,14-19H2,1-4H3/t21-,26-/m1/s1. The minimum absolute atomic E-state index is 0.0128. The van der Waals surface area contributed by atoms with Crippen LogP contribution in [0.3, 0.4) is 0 Å². The normalized spacial score (nSPS) is 21.5. The highest BCUT2D eigenvalue weighted by molar-refractivity contribution is 5.99. The fraction of sp³-hybridized carbons (Fsp3) is 0.424. The van der Waals surface area contributed by atoms with Crippen molar-refractivity contribution < 1.29 is 19.1 Å². The lowest BCUT2D eigenvalue weighted by Gasteiger charge is -2.41. The summed E-state index contributed by atoms with van der Waals surface area (Å²) in [6, 6.07) is 12.0. The summed E-state index contributed by atoms with van der Waals surface area (Å²) in [4.78, 5) is 37.8. The van der Waals surface area contributed by atoms with Crippen LogP contribution in [0.15, 0.2) is 48.7 Å². The second-order valence-corrected chi connectivity index (χ2v) is 12.7. The monoisotopic (exact) mass is 571 g/mol. The third-order valence-electron chi connectivity index (χ3n) is 8.88. The number of aromatic hydroxyl groups is 1. The number of nitrogens with zero attached hydrogens (tertiary/aromatic N) is 4. The van der Waals surface area contributed by atoms with E-state index in [9.17, 15) is 19.1 Å². The maximum Gasteiger partial charge on any atom is 0.254 e. The molecule has 0 radical (unpaired) electrons. The molecule has 0 aliphatic carbocycles. The number of nitrogens with one attached hydrogen (secondary N) is 1. The Bertz CT molecular complexity index is 1560. The van der Waals surface area contributed by atoms with E-state index in [1.165, 1.54) is 18.2 Å². The molecule has 1 aromatic heterocycles.